The van der Waals surface area contributed by atoms with Crippen molar-refractivity contribution in [1.82, 2.24) is 4.72 Å². The molecule has 5 atom stereocenters. The van der Waals surface area contributed by atoms with Crippen molar-refractivity contribution in [1.29, 1.82) is 0 Å². The number of benzene rings is 1. The summed E-state index contributed by atoms with van der Waals surface area (Å²) in [5.74, 6) is 1.42. The molecule has 3 fully saturated rings. The van der Waals surface area contributed by atoms with Gasteiger partial charge in [0, 0.05) is 18.7 Å². The first-order chi connectivity index (χ1) is 10.5. The van der Waals surface area contributed by atoms with Gasteiger partial charge < -0.3 is 4.74 Å². The third-order valence-electron chi connectivity index (χ3n) is 5.13. The Kier molecular flexibility index (Phi) is 3.04. The molecule has 4 rings (SSSR count). The second-order valence-electron chi connectivity index (χ2n) is 6.32. The van der Waals surface area contributed by atoms with Gasteiger partial charge in [-0.2, -0.15) is 0 Å². The number of fused-ring (bicyclic) bond motifs is 5. The van der Waals surface area contributed by atoms with Crippen LogP contribution in [0.2, 0.25) is 0 Å². The van der Waals surface area contributed by atoms with Gasteiger partial charge in [-0.25, -0.2) is 13.1 Å². The van der Waals surface area contributed by atoms with E-state index in [9.17, 15) is 18.5 Å². The first-order valence-corrected chi connectivity index (χ1v) is 8.83. The number of sulfonamides is 1. The van der Waals surface area contributed by atoms with Crippen molar-refractivity contribution >= 4 is 15.7 Å². The normalized spacial score (nSPS) is 35.4. The van der Waals surface area contributed by atoms with Crippen LogP contribution in [-0.4, -0.2) is 32.1 Å². The Morgan fingerprint density at radius 1 is 1.23 bits per heavy atom. The lowest BCUT2D eigenvalue weighted by molar-refractivity contribution is -0.384. The Morgan fingerprint density at radius 3 is 2.55 bits per heavy atom. The number of hydrogen-bond acceptors (Lipinski definition) is 5. The second-order valence-corrected chi connectivity index (χ2v) is 8.09. The SMILES string of the molecule is O=[N+]([O-])c1ccc(S(=O)(=O)NCC2CC3CC2C2OC32)cc1. The van der Waals surface area contributed by atoms with Gasteiger partial charge in [0.1, 0.15) is 0 Å². The lowest BCUT2D eigenvalue weighted by Crippen LogP contribution is -2.33. The van der Waals surface area contributed by atoms with E-state index in [1.165, 1.54) is 24.3 Å². The molecule has 0 radical (unpaired) electrons. The highest BCUT2D eigenvalue weighted by atomic mass is 32.2. The van der Waals surface area contributed by atoms with E-state index in [4.69, 9.17) is 4.74 Å². The second kappa shape index (κ2) is 4.74. The molecule has 5 unspecified atom stereocenters. The minimum atomic E-state index is -3.62. The number of nitrogens with one attached hydrogen (secondary N) is 1. The number of non-ortho nitro benzene ring substituents is 1. The predicted molar refractivity (Wildman–Crippen MR) is 76.6 cm³/mol. The van der Waals surface area contributed by atoms with Crippen molar-refractivity contribution < 1.29 is 18.1 Å². The van der Waals surface area contributed by atoms with Crippen molar-refractivity contribution in [2.24, 2.45) is 17.8 Å². The molecule has 118 valence electrons. The van der Waals surface area contributed by atoms with Crippen LogP contribution in [0.15, 0.2) is 29.2 Å². The van der Waals surface area contributed by atoms with E-state index < -0.39 is 14.9 Å². The fraction of sp³-hybridized carbons (Fsp3) is 0.571. The van der Waals surface area contributed by atoms with Crippen LogP contribution in [0.1, 0.15) is 12.8 Å². The fourth-order valence-corrected chi connectivity index (χ4v) is 5.11. The molecule has 1 aromatic rings. The van der Waals surface area contributed by atoms with E-state index in [1.807, 2.05) is 0 Å². The van der Waals surface area contributed by atoms with Crippen LogP contribution in [0.3, 0.4) is 0 Å². The third-order valence-corrected chi connectivity index (χ3v) is 6.57. The zero-order valence-electron chi connectivity index (χ0n) is 11.7. The highest BCUT2D eigenvalue weighted by Crippen LogP contribution is 2.58. The summed E-state index contributed by atoms with van der Waals surface area (Å²) in [6.07, 6.45) is 2.97. The van der Waals surface area contributed by atoms with Crippen molar-refractivity contribution in [3.8, 4) is 0 Å². The number of nitrogens with zero attached hydrogens (tertiary/aromatic N) is 1. The largest absolute Gasteiger partial charge is 0.369 e. The molecule has 1 heterocycles. The van der Waals surface area contributed by atoms with Crippen LogP contribution < -0.4 is 4.72 Å². The number of nitro groups is 1. The maximum Gasteiger partial charge on any atom is 0.269 e. The summed E-state index contributed by atoms with van der Waals surface area (Å²) in [5, 5.41) is 10.6. The Labute approximate surface area is 127 Å². The average Bonchev–Trinajstić information content (AvgIpc) is 3.11. The molecular formula is C14H16N2O5S. The summed E-state index contributed by atoms with van der Waals surface area (Å²) in [5.41, 5.74) is -0.121. The summed E-state index contributed by atoms with van der Waals surface area (Å²) in [7, 11) is -3.62. The number of nitro benzene ring substituents is 1. The zero-order valence-corrected chi connectivity index (χ0v) is 12.5. The van der Waals surface area contributed by atoms with E-state index in [1.54, 1.807) is 0 Å². The van der Waals surface area contributed by atoms with Gasteiger partial charge in [0.25, 0.3) is 5.69 Å². The number of ether oxygens (including phenoxy) is 1. The standard InChI is InChI=1S/C14H16N2O5S/c17-16(18)10-1-3-11(4-2-10)22(19,20)15-7-9-5-8-6-12(9)14-13(8)21-14/h1-4,8-9,12-15H,5-7H2. The van der Waals surface area contributed by atoms with E-state index >= 15 is 0 Å². The summed E-state index contributed by atoms with van der Waals surface area (Å²) in [4.78, 5) is 10.1. The third kappa shape index (κ3) is 2.22. The molecule has 0 aromatic heterocycles. The molecule has 7 nitrogen and oxygen atoms in total. The zero-order chi connectivity index (χ0) is 15.5. The minimum Gasteiger partial charge on any atom is -0.369 e. The van der Waals surface area contributed by atoms with Crippen LogP contribution >= 0.6 is 0 Å². The molecule has 0 spiro atoms. The van der Waals surface area contributed by atoms with E-state index in [-0.39, 0.29) is 10.6 Å². The van der Waals surface area contributed by atoms with Crippen LogP contribution in [-0.2, 0) is 14.8 Å². The van der Waals surface area contributed by atoms with Crippen LogP contribution in [0.4, 0.5) is 5.69 Å². The van der Waals surface area contributed by atoms with Gasteiger partial charge in [-0.3, -0.25) is 10.1 Å². The molecule has 1 aromatic carbocycles. The molecule has 1 saturated heterocycles. The Bertz CT molecular complexity index is 717. The van der Waals surface area contributed by atoms with Crippen LogP contribution in [0.5, 0.6) is 0 Å². The maximum absolute atomic E-state index is 12.3. The van der Waals surface area contributed by atoms with E-state index in [0.29, 0.717) is 36.5 Å². The minimum absolute atomic E-state index is 0.0572. The Morgan fingerprint density at radius 2 is 1.95 bits per heavy atom. The molecule has 8 heteroatoms. The Balaban J connectivity index is 1.42. The molecule has 1 aliphatic heterocycles. The summed E-state index contributed by atoms with van der Waals surface area (Å²) in [6.45, 7) is 0.410. The first-order valence-electron chi connectivity index (χ1n) is 7.35. The summed E-state index contributed by atoms with van der Waals surface area (Å²) in [6, 6.07) is 4.94. The van der Waals surface area contributed by atoms with Gasteiger partial charge in [0.15, 0.2) is 0 Å². The lowest BCUT2D eigenvalue weighted by Gasteiger charge is -2.19. The molecule has 2 aliphatic carbocycles. The summed E-state index contributed by atoms with van der Waals surface area (Å²) >= 11 is 0. The van der Waals surface area contributed by atoms with Gasteiger partial charge >= 0.3 is 0 Å². The van der Waals surface area contributed by atoms with Crippen molar-refractivity contribution in [3.05, 3.63) is 34.4 Å². The van der Waals surface area contributed by atoms with Crippen LogP contribution in [0, 0.1) is 27.9 Å². The number of hydrogen-bond donors (Lipinski definition) is 1. The number of epoxide rings is 1. The van der Waals surface area contributed by atoms with E-state index in [0.717, 1.165) is 12.8 Å². The topological polar surface area (TPSA) is 102 Å². The molecule has 3 aliphatic rings. The first kappa shape index (κ1) is 14.1. The molecule has 1 N–H and O–H groups in total. The highest BCUT2D eigenvalue weighted by Gasteiger charge is 2.62. The quantitative estimate of drug-likeness (QED) is 0.499. The highest BCUT2D eigenvalue weighted by molar-refractivity contribution is 7.89. The van der Waals surface area contributed by atoms with Crippen molar-refractivity contribution in [2.45, 2.75) is 29.9 Å². The predicted octanol–water partition coefficient (Wildman–Crippen LogP) is 1.30. The Hall–Kier alpha value is -1.51. The molecular weight excluding hydrogens is 308 g/mol. The monoisotopic (exact) mass is 324 g/mol. The molecule has 0 amide bonds. The summed E-state index contributed by atoms with van der Waals surface area (Å²) < 4.78 is 32.7. The van der Waals surface area contributed by atoms with Gasteiger partial charge in [0.05, 0.1) is 22.0 Å². The van der Waals surface area contributed by atoms with Crippen LogP contribution in [0.25, 0.3) is 0 Å². The van der Waals surface area contributed by atoms with Crippen molar-refractivity contribution in [3.63, 3.8) is 0 Å². The van der Waals surface area contributed by atoms with E-state index in [2.05, 4.69) is 4.72 Å². The molecule has 22 heavy (non-hydrogen) atoms. The van der Waals surface area contributed by atoms with Gasteiger partial charge in [-0.15, -0.1) is 0 Å². The van der Waals surface area contributed by atoms with Gasteiger partial charge in [-0.05, 0) is 42.7 Å². The molecule has 2 bridgehead atoms. The average molecular weight is 324 g/mol. The maximum atomic E-state index is 12.3. The lowest BCUT2D eigenvalue weighted by atomic mass is 9.89. The smallest absolute Gasteiger partial charge is 0.269 e. The number of rotatable bonds is 5. The van der Waals surface area contributed by atoms with Gasteiger partial charge in [-0.1, -0.05) is 0 Å². The molecule has 2 saturated carbocycles. The van der Waals surface area contributed by atoms with Crippen molar-refractivity contribution in [2.75, 3.05) is 6.54 Å². The fourth-order valence-electron chi connectivity index (χ4n) is 4.01. The van der Waals surface area contributed by atoms with Gasteiger partial charge in [0.2, 0.25) is 10.0 Å².